The lowest BCUT2D eigenvalue weighted by Gasteiger charge is -1.89. The Hall–Kier alpha value is -1.09. The van der Waals surface area contributed by atoms with Gasteiger partial charge in [-0.3, -0.25) is 0 Å². The first-order valence-corrected chi connectivity index (χ1v) is 4.33. The summed E-state index contributed by atoms with van der Waals surface area (Å²) < 4.78 is 4.40. The monoisotopic (exact) mass is 184 g/mol. The minimum Gasteiger partial charge on any atom is -0.466 e. The van der Waals surface area contributed by atoms with E-state index in [1.165, 1.54) is 13.2 Å². The van der Waals surface area contributed by atoms with Gasteiger partial charge in [0.25, 0.3) is 0 Å². The van der Waals surface area contributed by atoms with Crippen LogP contribution in [0.4, 0.5) is 0 Å². The maximum absolute atomic E-state index is 10.6. The fourth-order valence-corrected chi connectivity index (χ4v) is 0.751. The van der Waals surface area contributed by atoms with E-state index in [1.807, 2.05) is 6.08 Å². The van der Waals surface area contributed by atoms with Crippen molar-refractivity contribution >= 4 is 5.97 Å². The Balaban J connectivity index is 3.40. The summed E-state index contributed by atoms with van der Waals surface area (Å²) in [5, 5.41) is 8.47. The smallest absolute Gasteiger partial charge is 0.330 e. The van der Waals surface area contributed by atoms with Crippen LogP contribution in [0.3, 0.4) is 0 Å². The molecule has 0 amide bonds. The number of rotatable bonds is 6. The van der Waals surface area contributed by atoms with Gasteiger partial charge in [0, 0.05) is 12.7 Å². The first-order valence-electron chi connectivity index (χ1n) is 4.33. The van der Waals surface area contributed by atoms with Crippen LogP contribution in [0.2, 0.25) is 0 Å². The summed E-state index contributed by atoms with van der Waals surface area (Å²) in [4.78, 5) is 10.6. The van der Waals surface area contributed by atoms with E-state index in [9.17, 15) is 4.79 Å². The molecule has 0 unspecified atom stereocenters. The van der Waals surface area contributed by atoms with Crippen LogP contribution in [-0.2, 0) is 9.53 Å². The first-order chi connectivity index (χ1) is 6.31. The van der Waals surface area contributed by atoms with Gasteiger partial charge in [-0.2, -0.15) is 0 Å². The highest BCUT2D eigenvalue weighted by Gasteiger charge is 1.86. The number of ether oxygens (including phenoxy) is 1. The number of esters is 1. The van der Waals surface area contributed by atoms with Crippen LogP contribution in [0.1, 0.15) is 19.3 Å². The van der Waals surface area contributed by atoms with Gasteiger partial charge in [0.15, 0.2) is 0 Å². The molecule has 0 aromatic carbocycles. The van der Waals surface area contributed by atoms with Crippen LogP contribution in [0.5, 0.6) is 0 Å². The standard InChI is InChI=1S/C10H16O3/c1-13-10(12)8-6-4-2-3-5-7-9-11/h2,4,6,8,11H,3,5,7,9H2,1H3. The van der Waals surface area contributed by atoms with E-state index in [-0.39, 0.29) is 12.6 Å². The topological polar surface area (TPSA) is 46.5 Å². The van der Waals surface area contributed by atoms with Crippen molar-refractivity contribution in [3.63, 3.8) is 0 Å². The lowest BCUT2D eigenvalue weighted by Crippen LogP contribution is -1.92. The van der Waals surface area contributed by atoms with Crippen molar-refractivity contribution in [3.05, 3.63) is 24.3 Å². The van der Waals surface area contributed by atoms with E-state index in [0.717, 1.165) is 19.3 Å². The van der Waals surface area contributed by atoms with Crippen LogP contribution in [0.15, 0.2) is 24.3 Å². The summed E-state index contributed by atoms with van der Waals surface area (Å²) in [5.41, 5.74) is 0. The molecule has 3 nitrogen and oxygen atoms in total. The molecule has 3 heteroatoms. The van der Waals surface area contributed by atoms with Crippen molar-refractivity contribution in [1.29, 1.82) is 0 Å². The number of hydrogen-bond acceptors (Lipinski definition) is 3. The Morgan fingerprint density at radius 1 is 1.38 bits per heavy atom. The van der Waals surface area contributed by atoms with E-state index in [4.69, 9.17) is 5.11 Å². The summed E-state index contributed by atoms with van der Waals surface area (Å²) >= 11 is 0. The van der Waals surface area contributed by atoms with Crippen LogP contribution in [0.25, 0.3) is 0 Å². The van der Waals surface area contributed by atoms with Gasteiger partial charge in [0.05, 0.1) is 7.11 Å². The Morgan fingerprint density at radius 3 is 2.77 bits per heavy atom. The number of carbonyl (C=O) groups excluding carboxylic acids is 1. The van der Waals surface area contributed by atoms with E-state index >= 15 is 0 Å². The number of carbonyl (C=O) groups is 1. The molecule has 0 spiro atoms. The zero-order valence-electron chi connectivity index (χ0n) is 7.90. The normalized spacial score (nSPS) is 11.2. The molecule has 0 saturated carbocycles. The molecule has 0 fully saturated rings. The van der Waals surface area contributed by atoms with Crippen molar-refractivity contribution in [1.82, 2.24) is 0 Å². The van der Waals surface area contributed by atoms with Gasteiger partial charge in [-0.05, 0) is 19.3 Å². The molecule has 0 aliphatic carbocycles. The van der Waals surface area contributed by atoms with Gasteiger partial charge >= 0.3 is 5.97 Å². The third kappa shape index (κ3) is 8.82. The SMILES string of the molecule is COC(=O)C=CC=CCCCCO. The van der Waals surface area contributed by atoms with Crippen LogP contribution in [0, 0.1) is 0 Å². The fraction of sp³-hybridized carbons (Fsp3) is 0.500. The minimum atomic E-state index is -0.347. The maximum Gasteiger partial charge on any atom is 0.330 e. The highest BCUT2D eigenvalue weighted by Crippen LogP contribution is 1.95. The molecule has 0 aliphatic rings. The van der Waals surface area contributed by atoms with Crippen molar-refractivity contribution in [2.24, 2.45) is 0 Å². The van der Waals surface area contributed by atoms with Gasteiger partial charge in [-0.1, -0.05) is 18.2 Å². The van der Waals surface area contributed by atoms with Crippen molar-refractivity contribution < 1.29 is 14.6 Å². The Bertz CT molecular complexity index is 183. The molecule has 1 N–H and O–H groups in total. The highest BCUT2D eigenvalue weighted by molar-refractivity contribution is 5.82. The maximum atomic E-state index is 10.6. The molecule has 0 rings (SSSR count). The lowest BCUT2D eigenvalue weighted by molar-refractivity contribution is -0.134. The highest BCUT2D eigenvalue weighted by atomic mass is 16.5. The first kappa shape index (κ1) is 11.9. The van der Waals surface area contributed by atoms with E-state index in [2.05, 4.69) is 4.74 Å². The van der Waals surface area contributed by atoms with Gasteiger partial charge in [-0.25, -0.2) is 4.79 Å². The summed E-state index contributed by atoms with van der Waals surface area (Å²) in [6.45, 7) is 0.242. The summed E-state index contributed by atoms with van der Waals surface area (Å²) in [7, 11) is 1.34. The third-order valence-corrected chi connectivity index (χ3v) is 1.46. The minimum absolute atomic E-state index is 0.242. The van der Waals surface area contributed by atoms with Gasteiger partial charge in [-0.15, -0.1) is 0 Å². The van der Waals surface area contributed by atoms with Crippen molar-refractivity contribution in [2.75, 3.05) is 13.7 Å². The van der Waals surface area contributed by atoms with Crippen LogP contribution < -0.4 is 0 Å². The molecule has 13 heavy (non-hydrogen) atoms. The van der Waals surface area contributed by atoms with Gasteiger partial charge in [0.1, 0.15) is 0 Å². The summed E-state index contributed by atoms with van der Waals surface area (Å²) in [6.07, 6.45) is 9.48. The molecular weight excluding hydrogens is 168 g/mol. The third-order valence-electron chi connectivity index (χ3n) is 1.46. The molecule has 0 aliphatic heterocycles. The predicted molar refractivity (Wildman–Crippen MR) is 51.2 cm³/mol. The summed E-state index contributed by atoms with van der Waals surface area (Å²) in [5.74, 6) is -0.347. The number of aliphatic hydroxyl groups is 1. The second-order valence-electron chi connectivity index (χ2n) is 2.53. The molecule has 0 heterocycles. The Kier molecular flexibility index (Phi) is 8.25. The van der Waals surface area contributed by atoms with E-state index in [1.54, 1.807) is 12.2 Å². The number of methoxy groups -OCH3 is 1. The Labute approximate surface area is 78.7 Å². The molecule has 0 aromatic rings. The number of hydrogen-bond donors (Lipinski definition) is 1. The van der Waals surface area contributed by atoms with Crippen LogP contribution in [-0.4, -0.2) is 24.8 Å². The quantitative estimate of drug-likeness (QED) is 0.294. The van der Waals surface area contributed by atoms with Crippen molar-refractivity contribution in [2.45, 2.75) is 19.3 Å². The average Bonchev–Trinajstić information content (AvgIpc) is 2.16. The number of aliphatic hydroxyl groups excluding tert-OH is 1. The molecule has 0 saturated heterocycles. The molecule has 0 aromatic heterocycles. The average molecular weight is 184 g/mol. The molecule has 74 valence electrons. The fourth-order valence-electron chi connectivity index (χ4n) is 0.751. The molecule has 0 radical (unpaired) electrons. The zero-order chi connectivity index (χ0) is 9.94. The van der Waals surface area contributed by atoms with Crippen molar-refractivity contribution in [3.8, 4) is 0 Å². The predicted octanol–water partition coefficient (Wildman–Crippen LogP) is 1.43. The van der Waals surface area contributed by atoms with Crippen LogP contribution >= 0.6 is 0 Å². The largest absolute Gasteiger partial charge is 0.466 e. The number of unbranched alkanes of at least 4 members (excludes halogenated alkanes) is 2. The second kappa shape index (κ2) is 9.00. The van der Waals surface area contributed by atoms with Gasteiger partial charge < -0.3 is 9.84 Å². The van der Waals surface area contributed by atoms with E-state index in [0.29, 0.717) is 0 Å². The lowest BCUT2D eigenvalue weighted by atomic mass is 10.2. The molecule has 0 bridgehead atoms. The molecule has 0 atom stereocenters. The van der Waals surface area contributed by atoms with E-state index < -0.39 is 0 Å². The number of allylic oxidation sites excluding steroid dienone is 3. The zero-order valence-corrected chi connectivity index (χ0v) is 7.90. The second-order valence-corrected chi connectivity index (χ2v) is 2.53. The summed E-state index contributed by atoms with van der Waals surface area (Å²) in [6, 6.07) is 0. The van der Waals surface area contributed by atoms with Gasteiger partial charge in [0.2, 0.25) is 0 Å². The molecular formula is C10H16O3. The Morgan fingerprint density at radius 2 is 2.15 bits per heavy atom.